The van der Waals surface area contributed by atoms with Gasteiger partial charge in [-0.1, -0.05) is 12.1 Å². The Morgan fingerprint density at radius 3 is 2.94 bits per heavy atom. The number of aromatic nitrogens is 2. The van der Waals surface area contributed by atoms with Gasteiger partial charge in [-0.3, -0.25) is 4.68 Å². The fraction of sp³-hybridized carbons (Fsp3) is 0.0909. The normalized spacial score (nSPS) is 10.1. The fourth-order valence-corrected chi connectivity index (χ4v) is 1.83. The third-order valence-corrected chi connectivity index (χ3v) is 2.69. The molecule has 1 aromatic heterocycles. The minimum Gasteiger partial charge on any atom is -0.267 e. The molecule has 1 aromatic carbocycles. The van der Waals surface area contributed by atoms with E-state index in [1.165, 1.54) is 6.07 Å². The van der Waals surface area contributed by atoms with Gasteiger partial charge in [-0.15, -0.1) is 0 Å². The molecule has 3 nitrogen and oxygen atoms in total. The molecule has 2 rings (SSSR count). The maximum atomic E-state index is 13.7. The molecule has 0 atom stereocenters. The Bertz CT molecular complexity index is 557. The smallest absolute Gasteiger partial charge is 0.146 e. The SMILES string of the molecule is N#Cc1cccc(Cn2cc(I)cn2)c1F. The number of hydrogen-bond acceptors (Lipinski definition) is 2. The molecular formula is C11H7FIN3. The number of hydrogen-bond donors (Lipinski definition) is 0. The third-order valence-electron chi connectivity index (χ3n) is 2.13. The Kier molecular flexibility index (Phi) is 3.19. The molecule has 0 amide bonds. The average molecular weight is 327 g/mol. The summed E-state index contributed by atoms with van der Waals surface area (Å²) < 4.78 is 16.3. The highest BCUT2D eigenvalue weighted by atomic mass is 127. The second kappa shape index (κ2) is 4.61. The highest BCUT2D eigenvalue weighted by Crippen LogP contribution is 2.13. The van der Waals surface area contributed by atoms with Crippen molar-refractivity contribution in [3.63, 3.8) is 0 Å². The molecule has 2 aromatic rings. The third kappa shape index (κ3) is 2.22. The maximum Gasteiger partial charge on any atom is 0.146 e. The first-order valence-electron chi connectivity index (χ1n) is 4.56. The van der Waals surface area contributed by atoms with Gasteiger partial charge in [-0.05, 0) is 28.7 Å². The van der Waals surface area contributed by atoms with Crippen molar-refractivity contribution in [2.24, 2.45) is 0 Å². The van der Waals surface area contributed by atoms with E-state index in [4.69, 9.17) is 5.26 Å². The molecule has 0 spiro atoms. The summed E-state index contributed by atoms with van der Waals surface area (Å²) >= 11 is 2.14. The zero-order valence-electron chi connectivity index (χ0n) is 8.19. The van der Waals surface area contributed by atoms with Gasteiger partial charge in [-0.25, -0.2) is 4.39 Å². The number of nitriles is 1. The summed E-state index contributed by atoms with van der Waals surface area (Å²) in [5.41, 5.74) is 0.540. The van der Waals surface area contributed by atoms with Gasteiger partial charge < -0.3 is 0 Å². The average Bonchev–Trinajstić information content (AvgIpc) is 2.67. The molecule has 0 unspecified atom stereocenters. The molecule has 0 bridgehead atoms. The van der Waals surface area contributed by atoms with E-state index >= 15 is 0 Å². The highest BCUT2D eigenvalue weighted by molar-refractivity contribution is 14.1. The van der Waals surface area contributed by atoms with Crippen LogP contribution in [0.15, 0.2) is 30.6 Å². The summed E-state index contributed by atoms with van der Waals surface area (Å²) in [6.07, 6.45) is 3.52. The van der Waals surface area contributed by atoms with Gasteiger partial charge in [0.05, 0.1) is 21.9 Å². The fourth-order valence-electron chi connectivity index (χ4n) is 1.39. The van der Waals surface area contributed by atoms with Crippen molar-refractivity contribution in [1.29, 1.82) is 5.26 Å². The Morgan fingerprint density at radius 2 is 2.31 bits per heavy atom. The molecule has 80 valence electrons. The van der Waals surface area contributed by atoms with Crippen LogP contribution in [0.4, 0.5) is 4.39 Å². The van der Waals surface area contributed by atoms with Gasteiger partial charge in [0.15, 0.2) is 0 Å². The maximum absolute atomic E-state index is 13.7. The lowest BCUT2D eigenvalue weighted by Gasteiger charge is -2.04. The van der Waals surface area contributed by atoms with Gasteiger partial charge in [0.1, 0.15) is 11.9 Å². The molecule has 0 saturated heterocycles. The van der Waals surface area contributed by atoms with E-state index in [-0.39, 0.29) is 5.56 Å². The second-order valence-corrected chi connectivity index (χ2v) is 4.49. The number of nitrogens with zero attached hydrogens (tertiary/aromatic N) is 3. The molecule has 0 saturated carbocycles. The van der Waals surface area contributed by atoms with E-state index in [0.717, 1.165) is 3.57 Å². The van der Waals surface area contributed by atoms with Crippen molar-refractivity contribution < 1.29 is 4.39 Å². The standard InChI is InChI=1S/C11H7FIN3/c12-11-8(4-14)2-1-3-9(11)6-16-7-10(13)5-15-16/h1-3,5,7H,6H2. The lowest BCUT2D eigenvalue weighted by atomic mass is 10.1. The minimum atomic E-state index is -0.462. The van der Waals surface area contributed by atoms with Gasteiger partial charge in [-0.2, -0.15) is 10.4 Å². The van der Waals surface area contributed by atoms with Gasteiger partial charge in [0.2, 0.25) is 0 Å². The largest absolute Gasteiger partial charge is 0.267 e. The molecule has 0 N–H and O–H groups in total. The lowest BCUT2D eigenvalue weighted by Crippen LogP contribution is -2.03. The predicted molar refractivity (Wildman–Crippen MR) is 65.2 cm³/mol. The van der Waals surface area contributed by atoms with Gasteiger partial charge in [0.25, 0.3) is 0 Å². The van der Waals surface area contributed by atoms with Crippen LogP contribution >= 0.6 is 22.6 Å². The second-order valence-electron chi connectivity index (χ2n) is 3.25. The Labute approximate surface area is 106 Å². The van der Waals surface area contributed by atoms with Crippen LogP contribution in [0.3, 0.4) is 0 Å². The molecule has 0 aliphatic rings. The summed E-state index contributed by atoms with van der Waals surface area (Å²) in [5.74, 6) is -0.462. The van der Waals surface area contributed by atoms with Crippen LogP contribution in [-0.4, -0.2) is 9.78 Å². The van der Waals surface area contributed by atoms with Crippen molar-refractivity contribution in [3.05, 3.63) is 51.1 Å². The zero-order valence-corrected chi connectivity index (χ0v) is 10.3. The van der Waals surface area contributed by atoms with E-state index in [1.807, 2.05) is 12.3 Å². The van der Waals surface area contributed by atoms with Crippen LogP contribution in [0.2, 0.25) is 0 Å². The summed E-state index contributed by atoms with van der Waals surface area (Å²) in [5, 5.41) is 12.8. The number of benzene rings is 1. The molecule has 1 heterocycles. The van der Waals surface area contributed by atoms with E-state index in [9.17, 15) is 4.39 Å². The van der Waals surface area contributed by atoms with Crippen LogP contribution in [0.5, 0.6) is 0 Å². The lowest BCUT2D eigenvalue weighted by molar-refractivity contribution is 0.582. The van der Waals surface area contributed by atoms with Crippen LogP contribution in [0.25, 0.3) is 0 Å². The Balaban J connectivity index is 2.32. The molecule has 5 heteroatoms. The van der Waals surface area contributed by atoms with Crippen LogP contribution in [0, 0.1) is 20.7 Å². The summed E-state index contributed by atoms with van der Waals surface area (Å²) in [4.78, 5) is 0. The highest BCUT2D eigenvalue weighted by Gasteiger charge is 2.08. The number of halogens is 2. The summed E-state index contributed by atoms with van der Waals surface area (Å²) in [6.45, 7) is 0.338. The van der Waals surface area contributed by atoms with Crippen molar-refractivity contribution in [2.75, 3.05) is 0 Å². The Hall–Kier alpha value is -1.42. The van der Waals surface area contributed by atoms with Crippen molar-refractivity contribution in [3.8, 4) is 6.07 Å². The van der Waals surface area contributed by atoms with Gasteiger partial charge >= 0.3 is 0 Å². The van der Waals surface area contributed by atoms with Crippen molar-refractivity contribution in [2.45, 2.75) is 6.54 Å². The molecular weight excluding hydrogens is 320 g/mol. The first kappa shape index (κ1) is 11.1. The Morgan fingerprint density at radius 1 is 1.50 bits per heavy atom. The van der Waals surface area contributed by atoms with Crippen molar-refractivity contribution in [1.82, 2.24) is 9.78 Å². The molecule has 0 fully saturated rings. The molecule has 16 heavy (non-hydrogen) atoms. The predicted octanol–water partition coefficient (Wildman–Crippen LogP) is 2.55. The van der Waals surface area contributed by atoms with E-state index in [2.05, 4.69) is 27.7 Å². The summed E-state index contributed by atoms with van der Waals surface area (Å²) in [7, 11) is 0. The van der Waals surface area contributed by atoms with Crippen LogP contribution in [-0.2, 0) is 6.54 Å². The first-order valence-corrected chi connectivity index (χ1v) is 5.64. The number of rotatable bonds is 2. The van der Waals surface area contributed by atoms with E-state index in [0.29, 0.717) is 12.1 Å². The monoisotopic (exact) mass is 327 g/mol. The van der Waals surface area contributed by atoms with Crippen molar-refractivity contribution >= 4 is 22.6 Å². The minimum absolute atomic E-state index is 0.0688. The van der Waals surface area contributed by atoms with Crippen LogP contribution in [0.1, 0.15) is 11.1 Å². The molecule has 0 aliphatic carbocycles. The van der Waals surface area contributed by atoms with Gasteiger partial charge in [0, 0.05) is 11.8 Å². The zero-order chi connectivity index (χ0) is 11.5. The van der Waals surface area contributed by atoms with Crippen LogP contribution < -0.4 is 0 Å². The molecule has 0 aliphatic heterocycles. The van der Waals surface area contributed by atoms with E-state index in [1.54, 1.807) is 23.0 Å². The molecule has 0 radical (unpaired) electrons. The quantitative estimate of drug-likeness (QED) is 0.796. The topological polar surface area (TPSA) is 41.6 Å². The first-order chi connectivity index (χ1) is 7.70. The summed E-state index contributed by atoms with van der Waals surface area (Å²) in [6, 6.07) is 6.61. The van der Waals surface area contributed by atoms with E-state index < -0.39 is 5.82 Å².